The summed E-state index contributed by atoms with van der Waals surface area (Å²) < 4.78 is 11.1. The molecule has 0 saturated heterocycles. The van der Waals surface area contributed by atoms with Gasteiger partial charge in [-0.2, -0.15) is 0 Å². The molecule has 2 rings (SSSR count). The quantitative estimate of drug-likeness (QED) is 0.865. The normalized spacial score (nSPS) is 10.2. The van der Waals surface area contributed by atoms with E-state index in [1.165, 1.54) is 0 Å². The van der Waals surface area contributed by atoms with Crippen molar-refractivity contribution in [1.82, 2.24) is 4.98 Å². The molecule has 100 valence electrons. The Bertz CT molecular complexity index is 529. The van der Waals surface area contributed by atoms with E-state index in [-0.39, 0.29) is 0 Å². The molecule has 0 spiro atoms. The van der Waals surface area contributed by atoms with E-state index in [0.29, 0.717) is 19.8 Å². The number of aromatic nitrogens is 1. The zero-order valence-electron chi connectivity index (χ0n) is 11.0. The first kappa shape index (κ1) is 13.4. The molecule has 4 heteroatoms. The summed E-state index contributed by atoms with van der Waals surface area (Å²) in [5.41, 5.74) is 7.29. The first-order valence-corrected chi connectivity index (χ1v) is 6.32. The van der Waals surface area contributed by atoms with Crippen LogP contribution in [0.2, 0.25) is 0 Å². The Morgan fingerprint density at radius 1 is 1.00 bits per heavy atom. The summed E-state index contributed by atoms with van der Waals surface area (Å²) in [7, 11) is 0. The zero-order valence-corrected chi connectivity index (χ0v) is 11.0. The highest BCUT2D eigenvalue weighted by Crippen LogP contribution is 2.20. The molecule has 4 nitrogen and oxygen atoms in total. The van der Waals surface area contributed by atoms with E-state index < -0.39 is 0 Å². The third-order valence-electron chi connectivity index (χ3n) is 2.58. The molecule has 0 bridgehead atoms. The van der Waals surface area contributed by atoms with Gasteiger partial charge >= 0.3 is 0 Å². The first-order valence-electron chi connectivity index (χ1n) is 6.32. The van der Waals surface area contributed by atoms with Gasteiger partial charge in [-0.05, 0) is 31.2 Å². The number of nitrogens with two attached hydrogens (primary N) is 1. The minimum Gasteiger partial charge on any atom is -0.494 e. The maximum atomic E-state index is 5.70. The molecule has 0 aliphatic heterocycles. The molecule has 1 aromatic heterocycles. The average Bonchev–Trinajstić information content (AvgIpc) is 2.46. The van der Waals surface area contributed by atoms with Gasteiger partial charge in [-0.15, -0.1) is 0 Å². The number of hydrogen-bond acceptors (Lipinski definition) is 4. The van der Waals surface area contributed by atoms with Crippen molar-refractivity contribution in [3.63, 3.8) is 0 Å². The molecule has 1 heterocycles. The van der Waals surface area contributed by atoms with Crippen molar-refractivity contribution in [2.75, 3.05) is 6.61 Å². The minimum absolute atomic E-state index is 0.420. The highest BCUT2D eigenvalue weighted by Gasteiger charge is 2.00. The highest BCUT2D eigenvalue weighted by molar-refractivity contribution is 5.33. The smallest absolute Gasteiger partial charge is 0.130 e. The molecule has 0 fully saturated rings. The van der Waals surface area contributed by atoms with Crippen molar-refractivity contribution in [2.45, 2.75) is 20.1 Å². The van der Waals surface area contributed by atoms with Crippen LogP contribution < -0.4 is 15.2 Å². The van der Waals surface area contributed by atoms with Crippen LogP contribution >= 0.6 is 0 Å². The van der Waals surface area contributed by atoms with E-state index in [9.17, 15) is 0 Å². The predicted octanol–water partition coefficient (Wildman–Crippen LogP) is 2.52. The predicted molar refractivity (Wildman–Crippen MR) is 74.1 cm³/mol. The number of benzene rings is 1. The van der Waals surface area contributed by atoms with Crippen molar-refractivity contribution in [3.8, 4) is 11.5 Å². The van der Waals surface area contributed by atoms with Gasteiger partial charge in [0.15, 0.2) is 0 Å². The Balaban J connectivity index is 1.99. The average molecular weight is 258 g/mol. The molecule has 2 N–H and O–H groups in total. The fourth-order valence-electron chi connectivity index (χ4n) is 1.70. The van der Waals surface area contributed by atoms with E-state index in [4.69, 9.17) is 15.2 Å². The minimum atomic E-state index is 0.420. The lowest BCUT2D eigenvalue weighted by Gasteiger charge is -2.08. The van der Waals surface area contributed by atoms with Crippen molar-refractivity contribution in [1.29, 1.82) is 0 Å². The van der Waals surface area contributed by atoms with Gasteiger partial charge in [0, 0.05) is 12.6 Å². The Labute approximate surface area is 113 Å². The van der Waals surface area contributed by atoms with Crippen LogP contribution in [0.3, 0.4) is 0 Å². The van der Waals surface area contributed by atoms with Crippen LogP contribution in [0.15, 0.2) is 42.5 Å². The number of pyridine rings is 1. The summed E-state index contributed by atoms with van der Waals surface area (Å²) in [6, 6.07) is 13.3. The largest absolute Gasteiger partial charge is 0.494 e. The van der Waals surface area contributed by atoms with Crippen LogP contribution in [0.1, 0.15) is 18.3 Å². The van der Waals surface area contributed by atoms with E-state index in [0.717, 1.165) is 22.9 Å². The summed E-state index contributed by atoms with van der Waals surface area (Å²) in [4.78, 5) is 4.38. The topological polar surface area (TPSA) is 57.4 Å². The van der Waals surface area contributed by atoms with Gasteiger partial charge in [0.2, 0.25) is 0 Å². The number of rotatable bonds is 6. The van der Waals surface area contributed by atoms with Crippen LogP contribution in [0.25, 0.3) is 0 Å². The lowest BCUT2D eigenvalue weighted by molar-refractivity contribution is 0.295. The number of nitrogens with zero attached hydrogens (tertiary/aromatic N) is 1. The lowest BCUT2D eigenvalue weighted by atomic mass is 10.3. The molecular formula is C15H18N2O2. The maximum absolute atomic E-state index is 5.70. The molecule has 2 aromatic rings. The van der Waals surface area contributed by atoms with E-state index in [1.807, 2.05) is 49.4 Å². The third kappa shape index (κ3) is 3.96. The zero-order chi connectivity index (χ0) is 13.5. The Hall–Kier alpha value is -2.07. The SMILES string of the molecule is CCOc1cccc(OCc2cccc(CN)n2)c1. The van der Waals surface area contributed by atoms with E-state index >= 15 is 0 Å². The second kappa shape index (κ2) is 6.75. The maximum Gasteiger partial charge on any atom is 0.130 e. The Morgan fingerprint density at radius 3 is 2.42 bits per heavy atom. The monoisotopic (exact) mass is 258 g/mol. The van der Waals surface area contributed by atoms with E-state index in [2.05, 4.69) is 4.98 Å². The highest BCUT2D eigenvalue weighted by atomic mass is 16.5. The van der Waals surface area contributed by atoms with Crippen molar-refractivity contribution in [3.05, 3.63) is 53.9 Å². The summed E-state index contributed by atoms with van der Waals surface area (Å²) >= 11 is 0. The molecule has 0 aliphatic carbocycles. The molecule has 0 aliphatic rings. The van der Waals surface area contributed by atoms with Crippen LogP contribution in [-0.2, 0) is 13.2 Å². The van der Waals surface area contributed by atoms with Gasteiger partial charge in [-0.25, -0.2) is 0 Å². The standard InChI is InChI=1S/C15H18N2O2/c1-2-18-14-7-4-8-15(9-14)19-11-13-6-3-5-12(10-16)17-13/h3-9H,2,10-11,16H2,1H3. The molecule has 0 radical (unpaired) electrons. The third-order valence-corrected chi connectivity index (χ3v) is 2.58. The summed E-state index contributed by atoms with van der Waals surface area (Å²) in [6.45, 7) is 3.45. The van der Waals surface area contributed by atoms with Crippen molar-refractivity contribution < 1.29 is 9.47 Å². The van der Waals surface area contributed by atoms with Gasteiger partial charge < -0.3 is 15.2 Å². The molecule has 0 amide bonds. The van der Waals surface area contributed by atoms with Gasteiger partial charge in [0.25, 0.3) is 0 Å². The summed E-state index contributed by atoms with van der Waals surface area (Å²) in [5.74, 6) is 1.58. The first-order chi connectivity index (χ1) is 9.31. The van der Waals surface area contributed by atoms with Gasteiger partial charge in [-0.3, -0.25) is 4.98 Å². The van der Waals surface area contributed by atoms with Crippen LogP contribution in [0, 0.1) is 0 Å². The fourth-order valence-corrected chi connectivity index (χ4v) is 1.70. The van der Waals surface area contributed by atoms with Gasteiger partial charge in [0.1, 0.15) is 18.1 Å². The summed E-state index contributed by atoms with van der Waals surface area (Å²) in [5, 5.41) is 0. The van der Waals surface area contributed by atoms with Crippen LogP contribution in [0.4, 0.5) is 0 Å². The van der Waals surface area contributed by atoms with Crippen molar-refractivity contribution in [2.24, 2.45) is 5.73 Å². The fraction of sp³-hybridized carbons (Fsp3) is 0.267. The number of hydrogen-bond donors (Lipinski definition) is 1. The van der Waals surface area contributed by atoms with E-state index in [1.54, 1.807) is 0 Å². The molecular weight excluding hydrogens is 240 g/mol. The molecule has 19 heavy (non-hydrogen) atoms. The molecule has 0 saturated carbocycles. The second-order valence-corrected chi connectivity index (χ2v) is 4.02. The molecule has 0 atom stereocenters. The van der Waals surface area contributed by atoms with Crippen molar-refractivity contribution >= 4 is 0 Å². The second-order valence-electron chi connectivity index (χ2n) is 4.02. The van der Waals surface area contributed by atoms with Gasteiger partial charge in [0.05, 0.1) is 18.0 Å². The van der Waals surface area contributed by atoms with Crippen LogP contribution in [0.5, 0.6) is 11.5 Å². The molecule has 0 unspecified atom stereocenters. The Morgan fingerprint density at radius 2 is 1.68 bits per heavy atom. The summed E-state index contributed by atoms with van der Waals surface area (Å²) in [6.07, 6.45) is 0. The van der Waals surface area contributed by atoms with Crippen LogP contribution in [-0.4, -0.2) is 11.6 Å². The Kier molecular flexibility index (Phi) is 4.75. The van der Waals surface area contributed by atoms with Gasteiger partial charge in [-0.1, -0.05) is 12.1 Å². The number of ether oxygens (including phenoxy) is 2. The lowest BCUT2D eigenvalue weighted by Crippen LogP contribution is -2.04. The molecule has 1 aromatic carbocycles.